The second-order valence-electron chi connectivity index (χ2n) is 9.44. The summed E-state index contributed by atoms with van der Waals surface area (Å²) in [6, 6.07) is 8.07. The van der Waals surface area contributed by atoms with Crippen molar-refractivity contribution in [3.63, 3.8) is 0 Å². The van der Waals surface area contributed by atoms with E-state index in [1.165, 1.54) is 18.4 Å². The minimum atomic E-state index is -0.0231. The number of nitrogens with one attached hydrogen (secondary N) is 1. The second-order valence-corrected chi connectivity index (χ2v) is 9.44. The summed E-state index contributed by atoms with van der Waals surface area (Å²) in [4.78, 5) is 37.9. The number of carbonyl (C=O) groups is 1. The van der Waals surface area contributed by atoms with Gasteiger partial charge in [-0.15, -0.1) is 0 Å². The van der Waals surface area contributed by atoms with E-state index in [-0.39, 0.29) is 17.4 Å². The number of hydrogen-bond acceptors (Lipinski definition) is 5. The lowest BCUT2D eigenvalue weighted by molar-refractivity contribution is -0.134. The highest BCUT2D eigenvalue weighted by Gasteiger charge is 2.34. The van der Waals surface area contributed by atoms with E-state index < -0.39 is 0 Å². The smallest absolute Gasteiger partial charge is 0.255 e. The molecule has 170 valence electrons. The minimum absolute atomic E-state index is 0.0231. The Balaban J connectivity index is 1.25. The Labute approximate surface area is 188 Å². The Kier molecular flexibility index (Phi) is 6.00. The maximum Gasteiger partial charge on any atom is 0.255 e. The first-order valence-electron chi connectivity index (χ1n) is 11.9. The van der Waals surface area contributed by atoms with Crippen LogP contribution >= 0.6 is 0 Å². The van der Waals surface area contributed by atoms with Crippen molar-refractivity contribution in [1.29, 1.82) is 0 Å². The number of aromatic amines is 1. The Hall–Kier alpha value is -2.67. The first kappa shape index (κ1) is 21.2. The fourth-order valence-corrected chi connectivity index (χ4v) is 5.43. The molecule has 1 atom stereocenters. The van der Waals surface area contributed by atoms with E-state index in [0.29, 0.717) is 19.0 Å². The van der Waals surface area contributed by atoms with E-state index in [4.69, 9.17) is 9.72 Å². The SMILES string of the molecule is COc1ccc(CN2CCc3nc([C@H]4CCN(C(=O)C5CCCC5)C4)[nH]c(=O)c3C2)cc1. The molecule has 2 fully saturated rings. The molecule has 1 aliphatic carbocycles. The van der Waals surface area contributed by atoms with E-state index in [0.717, 1.165) is 68.1 Å². The molecule has 7 nitrogen and oxygen atoms in total. The summed E-state index contributed by atoms with van der Waals surface area (Å²) >= 11 is 0. The predicted octanol–water partition coefficient (Wildman–Crippen LogP) is 2.84. The largest absolute Gasteiger partial charge is 0.497 e. The summed E-state index contributed by atoms with van der Waals surface area (Å²) in [6.45, 7) is 3.75. The van der Waals surface area contributed by atoms with Crippen molar-refractivity contribution in [2.75, 3.05) is 26.7 Å². The molecule has 32 heavy (non-hydrogen) atoms. The van der Waals surface area contributed by atoms with Crippen molar-refractivity contribution in [3.05, 3.63) is 57.3 Å². The number of nitrogens with zero attached hydrogens (tertiary/aromatic N) is 3. The Bertz CT molecular complexity index is 1030. The molecule has 0 bridgehead atoms. The average Bonchev–Trinajstić information content (AvgIpc) is 3.52. The lowest BCUT2D eigenvalue weighted by Gasteiger charge is -2.28. The monoisotopic (exact) mass is 436 g/mol. The highest BCUT2D eigenvalue weighted by Crippen LogP contribution is 2.31. The zero-order valence-corrected chi connectivity index (χ0v) is 18.8. The zero-order valence-electron chi connectivity index (χ0n) is 18.8. The van der Waals surface area contributed by atoms with Gasteiger partial charge in [0.2, 0.25) is 5.91 Å². The quantitative estimate of drug-likeness (QED) is 0.780. The molecule has 1 aromatic heterocycles. The van der Waals surface area contributed by atoms with Gasteiger partial charge in [0.1, 0.15) is 11.6 Å². The van der Waals surface area contributed by atoms with Crippen molar-refractivity contribution >= 4 is 5.91 Å². The summed E-state index contributed by atoms with van der Waals surface area (Å²) in [5.41, 5.74) is 2.89. The van der Waals surface area contributed by atoms with E-state index >= 15 is 0 Å². The fraction of sp³-hybridized carbons (Fsp3) is 0.560. The molecule has 0 unspecified atom stereocenters. The highest BCUT2D eigenvalue weighted by atomic mass is 16.5. The summed E-state index contributed by atoms with van der Waals surface area (Å²) in [7, 11) is 1.67. The van der Waals surface area contributed by atoms with Crippen LogP contribution in [0.15, 0.2) is 29.1 Å². The standard InChI is InChI=1S/C25H32N4O3/c1-32-20-8-6-17(7-9-20)14-28-12-11-22-21(16-28)24(30)27-23(26-22)19-10-13-29(15-19)25(31)18-4-2-3-5-18/h6-9,18-19H,2-5,10-16H2,1H3,(H,26,27,30)/t19-/m0/s1. The number of fused-ring (bicyclic) bond motifs is 1. The van der Waals surface area contributed by atoms with Crippen molar-refractivity contribution in [3.8, 4) is 5.75 Å². The van der Waals surface area contributed by atoms with Crippen LogP contribution in [0.5, 0.6) is 5.75 Å². The third kappa shape index (κ3) is 4.31. The molecule has 1 saturated carbocycles. The van der Waals surface area contributed by atoms with Crippen LogP contribution < -0.4 is 10.3 Å². The van der Waals surface area contributed by atoms with Gasteiger partial charge in [0.15, 0.2) is 0 Å². The summed E-state index contributed by atoms with van der Waals surface area (Å²) < 4.78 is 5.23. The molecule has 7 heteroatoms. The van der Waals surface area contributed by atoms with Crippen LogP contribution in [0.25, 0.3) is 0 Å². The number of benzene rings is 1. The number of methoxy groups -OCH3 is 1. The molecule has 1 aromatic carbocycles. The van der Waals surface area contributed by atoms with Crippen molar-refractivity contribution in [1.82, 2.24) is 19.8 Å². The van der Waals surface area contributed by atoms with E-state index in [9.17, 15) is 9.59 Å². The molecule has 3 heterocycles. The van der Waals surface area contributed by atoms with E-state index in [2.05, 4.69) is 22.0 Å². The van der Waals surface area contributed by atoms with Crippen molar-refractivity contribution < 1.29 is 9.53 Å². The van der Waals surface area contributed by atoms with Gasteiger partial charge in [-0.2, -0.15) is 0 Å². The van der Waals surface area contributed by atoms with Gasteiger partial charge in [-0.25, -0.2) is 4.98 Å². The van der Waals surface area contributed by atoms with Crippen LogP contribution in [0, 0.1) is 5.92 Å². The van der Waals surface area contributed by atoms with Gasteiger partial charge in [-0.3, -0.25) is 14.5 Å². The van der Waals surface area contributed by atoms with Gasteiger partial charge in [0.25, 0.3) is 5.56 Å². The van der Waals surface area contributed by atoms with Gasteiger partial charge in [-0.1, -0.05) is 25.0 Å². The number of H-pyrrole nitrogens is 1. The van der Waals surface area contributed by atoms with E-state index in [1.54, 1.807) is 7.11 Å². The van der Waals surface area contributed by atoms with Gasteiger partial charge in [0.05, 0.1) is 18.4 Å². The van der Waals surface area contributed by atoms with Crippen LogP contribution in [0.2, 0.25) is 0 Å². The highest BCUT2D eigenvalue weighted by molar-refractivity contribution is 5.79. The molecular formula is C25H32N4O3. The molecular weight excluding hydrogens is 404 g/mol. The lowest BCUT2D eigenvalue weighted by Crippen LogP contribution is -2.36. The predicted molar refractivity (Wildman–Crippen MR) is 122 cm³/mol. The van der Waals surface area contributed by atoms with Crippen LogP contribution in [0.1, 0.15) is 60.7 Å². The first-order valence-corrected chi connectivity index (χ1v) is 11.9. The lowest BCUT2D eigenvalue weighted by atomic mass is 10.0. The molecule has 1 amide bonds. The number of ether oxygens (including phenoxy) is 1. The van der Waals surface area contributed by atoms with Crippen LogP contribution in [0.4, 0.5) is 0 Å². The number of likely N-dealkylation sites (tertiary alicyclic amines) is 1. The molecule has 3 aliphatic rings. The number of amides is 1. The fourth-order valence-electron chi connectivity index (χ4n) is 5.43. The Morgan fingerprint density at radius 3 is 2.69 bits per heavy atom. The minimum Gasteiger partial charge on any atom is -0.497 e. The Morgan fingerprint density at radius 2 is 1.94 bits per heavy atom. The van der Waals surface area contributed by atoms with Crippen molar-refractivity contribution in [2.24, 2.45) is 5.92 Å². The van der Waals surface area contributed by atoms with Crippen LogP contribution in [0.3, 0.4) is 0 Å². The maximum atomic E-state index is 12.9. The third-order valence-corrected chi connectivity index (χ3v) is 7.32. The zero-order chi connectivity index (χ0) is 22.1. The molecule has 0 radical (unpaired) electrons. The Morgan fingerprint density at radius 1 is 1.16 bits per heavy atom. The summed E-state index contributed by atoms with van der Waals surface area (Å²) in [5, 5.41) is 0. The number of aromatic nitrogens is 2. The van der Waals surface area contributed by atoms with Gasteiger partial charge < -0.3 is 14.6 Å². The van der Waals surface area contributed by atoms with Gasteiger partial charge >= 0.3 is 0 Å². The van der Waals surface area contributed by atoms with Gasteiger partial charge in [-0.05, 0) is 37.0 Å². The molecule has 1 N–H and O–H groups in total. The molecule has 1 saturated heterocycles. The maximum absolute atomic E-state index is 12.9. The first-order chi connectivity index (χ1) is 15.6. The molecule has 2 aromatic rings. The van der Waals surface area contributed by atoms with Crippen LogP contribution in [-0.2, 0) is 24.3 Å². The normalized spacial score (nSPS) is 21.7. The number of hydrogen-bond donors (Lipinski definition) is 1. The molecule has 5 rings (SSSR count). The van der Waals surface area contributed by atoms with Crippen molar-refractivity contribution in [2.45, 2.75) is 57.5 Å². The third-order valence-electron chi connectivity index (χ3n) is 7.32. The average molecular weight is 437 g/mol. The topological polar surface area (TPSA) is 78.5 Å². The molecule has 2 aliphatic heterocycles. The van der Waals surface area contributed by atoms with Crippen LogP contribution in [-0.4, -0.2) is 52.4 Å². The number of rotatable bonds is 5. The van der Waals surface area contributed by atoms with Gasteiger partial charge in [0, 0.05) is 51.0 Å². The van der Waals surface area contributed by atoms with E-state index in [1.807, 2.05) is 17.0 Å². The summed E-state index contributed by atoms with van der Waals surface area (Å²) in [6.07, 6.45) is 6.05. The summed E-state index contributed by atoms with van der Waals surface area (Å²) in [5.74, 6) is 2.26. The second kappa shape index (κ2) is 9.06. The number of carbonyl (C=O) groups excluding carboxylic acids is 1. The molecule has 0 spiro atoms.